The fourth-order valence-electron chi connectivity index (χ4n) is 14.4. The molecule has 5 aliphatic heterocycles. The van der Waals surface area contributed by atoms with Crippen LogP contribution in [0.5, 0.6) is 0 Å². The number of aliphatic hydroxyl groups is 2. The molecule has 2 aromatic rings. The van der Waals surface area contributed by atoms with Gasteiger partial charge in [-0.3, -0.25) is 14.4 Å². The third-order valence-electron chi connectivity index (χ3n) is 20.3. The van der Waals surface area contributed by atoms with Crippen LogP contribution in [0.15, 0.2) is 66.2 Å². The van der Waals surface area contributed by atoms with Crippen LogP contribution in [0.4, 0.5) is 16.7 Å². The number of aliphatic carboxylic acids is 1. The molecule has 3 saturated heterocycles. The highest BCUT2D eigenvalue weighted by molar-refractivity contribution is 6.39. The number of piperidine rings is 1. The smallest absolute Gasteiger partial charge is 0.410 e. The Balaban J connectivity index is 0.972. The summed E-state index contributed by atoms with van der Waals surface area (Å²) >= 11 is 0. The summed E-state index contributed by atoms with van der Waals surface area (Å²) in [6, 6.07) is -2.06. The molecule has 24 nitrogen and oxygen atoms in total. The topological polar surface area (TPSA) is 292 Å². The number of nitrogens with zero attached hydrogens (tertiary/aromatic N) is 8. The maximum Gasteiger partial charge on any atom is 0.410 e. The number of piperazine rings is 1. The molecule has 3 N–H and O–H groups in total. The van der Waals surface area contributed by atoms with E-state index in [0.717, 1.165) is 22.4 Å². The van der Waals surface area contributed by atoms with Gasteiger partial charge in [-0.1, -0.05) is 71.1 Å². The van der Waals surface area contributed by atoms with Crippen LogP contribution in [0.25, 0.3) is 0 Å². The lowest BCUT2D eigenvalue weighted by atomic mass is 9.78. The van der Waals surface area contributed by atoms with E-state index in [4.69, 9.17) is 38.1 Å². The number of fused-ring (bicyclic) bond motifs is 4. The van der Waals surface area contributed by atoms with Gasteiger partial charge in [-0.2, -0.15) is 0 Å². The van der Waals surface area contributed by atoms with E-state index in [1.54, 1.807) is 63.6 Å². The van der Waals surface area contributed by atoms with Crippen molar-refractivity contribution < 1.29 is 77.2 Å². The first-order valence-corrected chi connectivity index (χ1v) is 33.7. The number of anilines is 2. The van der Waals surface area contributed by atoms with E-state index in [-0.39, 0.29) is 61.9 Å². The van der Waals surface area contributed by atoms with Crippen molar-refractivity contribution in [3.8, 4) is 0 Å². The Bertz CT molecular complexity index is 3070. The number of ether oxygens (including phenoxy) is 7. The van der Waals surface area contributed by atoms with Gasteiger partial charge in [0.05, 0.1) is 43.2 Å². The average Bonchev–Trinajstić information content (AvgIpc) is 0.805. The Hall–Kier alpha value is -6.54. The number of carboxylic acid groups (broad SMARTS) is 1. The number of ketones is 2. The molecule has 518 valence electrons. The molecule has 17 atom stereocenters. The number of aromatic nitrogens is 4. The lowest BCUT2D eigenvalue weighted by molar-refractivity contribution is -0.265. The number of carbonyl (C=O) groups excluding carboxylic acids is 5. The molecule has 0 radical (unpaired) electrons. The summed E-state index contributed by atoms with van der Waals surface area (Å²) < 4.78 is 43.0. The van der Waals surface area contributed by atoms with Gasteiger partial charge in [0, 0.05) is 116 Å². The Morgan fingerprint density at radius 2 is 1.50 bits per heavy atom. The van der Waals surface area contributed by atoms with Gasteiger partial charge in [0.2, 0.25) is 17.7 Å². The zero-order chi connectivity index (χ0) is 68.1. The molecule has 24 heteroatoms. The fraction of sp³-hybridized carbons (Fsp3) is 0.686. The summed E-state index contributed by atoms with van der Waals surface area (Å²) in [5.41, 5.74) is 3.78. The lowest BCUT2D eigenvalue weighted by Gasteiger charge is -2.43. The number of amides is 2. The van der Waals surface area contributed by atoms with Crippen LogP contribution >= 0.6 is 0 Å². The standard InChI is InChI=1S/C70H102N8O16/c1-41-18-14-13-15-19-43(3)56(88-9)34-51-23-21-48(8)70(87,94-51)63(81)64(82)77-26-17-16-20-53(77)66(85)92-58(35-57(89-10)44(4)31-47(7)61(80)62(91-12)60(79)46(6)30-41)45(5)32-49-22-24-55(59(33-49)90-11)93-69(86)76-27-25-52-50(39-76)38-73-68(74-52)75-28-29-78(54(40-75)65(83)84)67-71-36-42(2)37-72-67/h13-15,18-19,31,36-38,41,44-46,48-49,51,53-59,61-62,80,87H,16-17,20-30,32-35,39-40H2,1-12H3,(H,83,84)/b15-13?,18-14+,43-19?,47-31+/t41-,44-,45-,46-,48-,49+,51+,53+,54-,55-,56+,57-,58+,59-,61-,62+,70-/m1/s1. The number of Topliss-reactive ketones (excluding diaryl/α,β-unsaturated/α-hetero) is 2. The van der Waals surface area contributed by atoms with Gasteiger partial charge in [-0.25, -0.2) is 34.3 Å². The third-order valence-corrected chi connectivity index (χ3v) is 20.3. The molecule has 4 fully saturated rings. The first kappa shape index (κ1) is 73.3. The number of aliphatic hydroxyl groups excluding tert-OH is 1. The number of carboxylic acids is 1. The molecular formula is C70H102N8O16. The van der Waals surface area contributed by atoms with Crippen LogP contribution in [-0.2, 0) is 70.1 Å². The molecule has 0 aromatic carbocycles. The summed E-state index contributed by atoms with van der Waals surface area (Å²) in [6.45, 7) is 16.6. The number of allylic oxidation sites excluding steroid dienone is 5. The highest BCUT2D eigenvalue weighted by atomic mass is 16.6. The summed E-state index contributed by atoms with van der Waals surface area (Å²) in [7, 11) is 6.16. The van der Waals surface area contributed by atoms with E-state index in [9.17, 15) is 44.1 Å². The second kappa shape index (κ2) is 33.4. The fourth-order valence-corrected chi connectivity index (χ4v) is 14.4. The van der Waals surface area contributed by atoms with Gasteiger partial charge in [-0.15, -0.1) is 0 Å². The number of carbonyl (C=O) groups is 6. The molecule has 1 saturated carbocycles. The second-order valence-electron chi connectivity index (χ2n) is 27.2. The van der Waals surface area contributed by atoms with Crippen molar-refractivity contribution in [3.63, 3.8) is 0 Å². The molecule has 7 heterocycles. The number of hydrogen-bond acceptors (Lipinski definition) is 21. The molecular weight excluding hydrogens is 1210 g/mol. The minimum absolute atomic E-state index is 0.0104. The Morgan fingerprint density at radius 1 is 0.766 bits per heavy atom. The van der Waals surface area contributed by atoms with Crippen molar-refractivity contribution in [2.75, 3.05) is 71.0 Å². The van der Waals surface area contributed by atoms with Gasteiger partial charge in [-0.05, 0) is 119 Å². The maximum atomic E-state index is 14.9. The first-order chi connectivity index (χ1) is 44.9. The van der Waals surface area contributed by atoms with Crippen LogP contribution in [0.3, 0.4) is 0 Å². The predicted octanol–water partition coefficient (Wildman–Crippen LogP) is 7.50. The second-order valence-corrected chi connectivity index (χ2v) is 27.2. The third kappa shape index (κ3) is 17.9. The molecule has 0 spiro atoms. The zero-order valence-electron chi connectivity index (χ0n) is 57.1. The SMILES string of the molecule is CO[C@H]1C[C@@H]2CC[C@@H](C)[C@@](O)(O2)C(=O)C(=O)N2CCCC[C@H]2C(=O)O[C@H]([C@H](C)C[C@@H]2CC[C@@H](OC(=O)N3CCc4nc(N5CCN(c6ncc(C)cn6)[C@@H](C(=O)O)C5)ncc4C3)[C@H](OC)C2)C[C@@H](OC)[C@H](C)/C=C(\C)[C@@H](O)[C@@H](OC)C(=O)[C@H](C)C[C@H](C)/C=C/C=CC=C1C. The summed E-state index contributed by atoms with van der Waals surface area (Å²) in [5.74, 6) is -7.61. The summed E-state index contributed by atoms with van der Waals surface area (Å²) in [6.07, 6.45) is 16.0. The normalized spacial score (nSPS) is 33.9. The number of cyclic esters (lactones) is 1. The Kier molecular flexibility index (Phi) is 26.0. The zero-order valence-corrected chi connectivity index (χ0v) is 57.1. The van der Waals surface area contributed by atoms with Gasteiger partial charge in [0.25, 0.3) is 11.7 Å². The van der Waals surface area contributed by atoms with Crippen LogP contribution < -0.4 is 9.80 Å². The largest absolute Gasteiger partial charge is 0.480 e. The van der Waals surface area contributed by atoms with Crippen molar-refractivity contribution in [2.24, 2.45) is 35.5 Å². The molecule has 94 heavy (non-hydrogen) atoms. The quantitative estimate of drug-likeness (QED) is 0.111. The highest BCUT2D eigenvalue weighted by Gasteiger charge is 2.53. The Labute approximate surface area is 553 Å². The van der Waals surface area contributed by atoms with Crippen molar-refractivity contribution in [1.82, 2.24) is 29.7 Å². The van der Waals surface area contributed by atoms with E-state index in [1.165, 1.54) is 12.0 Å². The van der Waals surface area contributed by atoms with Crippen LogP contribution in [0.2, 0.25) is 0 Å². The monoisotopic (exact) mass is 1310 g/mol. The van der Waals surface area contributed by atoms with E-state index in [1.807, 2.05) is 82.9 Å². The molecule has 2 bridgehead atoms. The van der Waals surface area contributed by atoms with Crippen LogP contribution in [-0.4, -0.2) is 208 Å². The molecule has 2 amide bonds. The number of rotatable bonds is 11. The lowest BCUT2D eigenvalue weighted by Crippen LogP contribution is -2.61. The van der Waals surface area contributed by atoms with Crippen molar-refractivity contribution in [3.05, 3.63) is 83.0 Å². The molecule has 0 unspecified atom stereocenters. The molecule has 2 aromatic heterocycles. The van der Waals surface area contributed by atoms with E-state index in [0.29, 0.717) is 108 Å². The molecule has 6 aliphatic rings. The van der Waals surface area contributed by atoms with E-state index in [2.05, 4.69) is 15.0 Å². The number of esters is 1. The van der Waals surface area contributed by atoms with Gasteiger partial charge < -0.3 is 68.1 Å². The van der Waals surface area contributed by atoms with Crippen LogP contribution in [0, 0.1) is 42.4 Å². The summed E-state index contributed by atoms with van der Waals surface area (Å²) in [4.78, 5) is 109. The number of aryl methyl sites for hydroxylation is 1. The maximum absolute atomic E-state index is 14.9. The van der Waals surface area contributed by atoms with E-state index >= 15 is 0 Å². The first-order valence-electron chi connectivity index (χ1n) is 33.7. The molecule has 8 rings (SSSR count). The van der Waals surface area contributed by atoms with Crippen molar-refractivity contribution >= 4 is 47.4 Å². The van der Waals surface area contributed by atoms with Crippen LogP contribution in [0.1, 0.15) is 142 Å². The minimum atomic E-state index is -2.46. The van der Waals surface area contributed by atoms with Crippen molar-refractivity contribution in [2.45, 2.75) is 212 Å². The molecule has 1 aliphatic carbocycles. The highest BCUT2D eigenvalue weighted by Crippen LogP contribution is 2.39. The minimum Gasteiger partial charge on any atom is -0.480 e. The van der Waals surface area contributed by atoms with Gasteiger partial charge >= 0.3 is 18.0 Å². The van der Waals surface area contributed by atoms with Gasteiger partial charge in [0.15, 0.2) is 5.78 Å². The Morgan fingerprint density at radius 3 is 2.20 bits per heavy atom. The van der Waals surface area contributed by atoms with Gasteiger partial charge in [0.1, 0.15) is 36.5 Å². The average molecular weight is 1310 g/mol. The van der Waals surface area contributed by atoms with E-state index < -0.39 is 108 Å². The number of hydrogen-bond donors (Lipinski definition) is 3. The van der Waals surface area contributed by atoms with Crippen molar-refractivity contribution in [1.29, 1.82) is 0 Å². The number of methoxy groups -OCH3 is 4. The summed E-state index contributed by atoms with van der Waals surface area (Å²) in [5, 5.41) is 34.2. The predicted molar refractivity (Wildman–Crippen MR) is 349 cm³/mol.